The molecule has 0 aromatic carbocycles. The van der Waals surface area contributed by atoms with Gasteiger partial charge in [0.2, 0.25) is 7.28 Å². The Morgan fingerprint density at radius 1 is 1.55 bits per heavy atom. The van der Waals surface area contributed by atoms with Gasteiger partial charge in [-0.25, -0.2) is 0 Å². The average Bonchev–Trinajstić information content (AvgIpc) is 2.47. The highest BCUT2D eigenvalue weighted by atomic mass is 31.0. The number of fused-ring (bicyclic) bond motifs is 2. The van der Waals surface area contributed by atoms with Crippen molar-refractivity contribution in [2.24, 2.45) is 29.4 Å². The molecule has 0 radical (unpaired) electrons. The molecule has 2 rings (SSSR count). The lowest BCUT2D eigenvalue weighted by atomic mass is 9.60. The summed E-state index contributed by atoms with van der Waals surface area (Å²) in [5.41, 5.74) is 8.21. The van der Waals surface area contributed by atoms with Crippen LogP contribution in [0.1, 0.15) is 33.6 Å². The molecule has 110 valence electrons. The van der Waals surface area contributed by atoms with Gasteiger partial charge in [0.1, 0.15) is 0 Å². The molecule has 20 heavy (non-hydrogen) atoms. The van der Waals surface area contributed by atoms with Gasteiger partial charge in [0.05, 0.1) is 0 Å². The van der Waals surface area contributed by atoms with Crippen LogP contribution in [0.3, 0.4) is 0 Å². The lowest BCUT2D eigenvalue weighted by Gasteiger charge is -2.46. The van der Waals surface area contributed by atoms with Crippen LogP contribution in [0.2, 0.25) is 6.32 Å². The van der Waals surface area contributed by atoms with Gasteiger partial charge in [-0.15, -0.1) is 15.1 Å². The minimum atomic E-state index is 0.0372. The van der Waals surface area contributed by atoms with Crippen molar-refractivity contribution >= 4 is 16.5 Å². The van der Waals surface area contributed by atoms with E-state index in [4.69, 9.17) is 5.73 Å². The van der Waals surface area contributed by atoms with Gasteiger partial charge < -0.3 is 11.1 Å². The molecule has 3 N–H and O–H groups in total. The van der Waals surface area contributed by atoms with Gasteiger partial charge in [-0.2, -0.15) is 0 Å². The van der Waals surface area contributed by atoms with Gasteiger partial charge in [-0.3, -0.25) is 0 Å². The summed E-state index contributed by atoms with van der Waals surface area (Å²) in [7, 11) is 4.06. The molecular weight excluding hydrogens is 262 g/mol. The van der Waals surface area contributed by atoms with Crippen molar-refractivity contribution < 1.29 is 0 Å². The largest absolute Gasteiger partial charge is 0.325 e. The van der Waals surface area contributed by atoms with Crippen molar-refractivity contribution in [1.29, 1.82) is 0 Å². The van der Waals surface area contributed by atoms with E-state index < -0.39 is 0 Å². The van der Waals surface area contributed by atoms with E-state index in [9.17, 15) is 0 Å². The summed E-state index contributed by atoms with van der Waals surface area (Å²) in [6.45, 7) is 10.4. The standard InChI is InChI=1S/C16H28BN2P/c1-10(2)19-6-5-17-9-12-8-13-7-11(3)14(15(12)20)16(13,4)18/h11-15,17,19H,1,7-9,18,20H2,2-4H3/t11?,12-,13?,14?,15?,16?/m0/s1. The van der Waals surface area contributed by atoms with Crippen LogP contribution in [0.5, 0.6) is 0 Å². The van der Waals surface area contributed by atoms with E-state index in [-0.39, 0.29) is 5.54 Å². The predicted molar refractivity (Wildman–Crippen MR) is 92.6 cm³/mol. The number of nitrogens with two attached hydrogens (primary N) is 1. The van der Waals surface area contributed by atoms with Crippen LogP contribution < -0.4 is 11.1 Å². The van der Waals surface area contributed by atoms with Crippen LogP contribution in [-0.2, 0) is 0 Å². The van der Waals surface area contributed by atoms with Crippen LogP contribution in [-0.4, -0.2) is 18.5 Å². The Morgan fingerprint density at radius 2 is 2.25 bits per heavy atom. The maximum Gasteiger partial charge on any atom is 0.216 e. The molecule has 6 unspecified atom stereocenters. The minimum Gasteiger partial charge on any atom is -0.325 e. The van der Waals surface area contributed by atoms with Crippen molar-refractivity contribution in [2.45, 2.75) is 51.1 Å². The quantitative estimate of drug-likeness (QED) is 0.362. The highest BCUT2D eigenvalue weighted by molar-refractivity contribution is 7.17. The molecule has 2 fully saturated rings. The van der Waals surface area contributed by atoms with E-state index in [1.807, 2.05) is 6.92 Å². The third-order valence-electron chi connectivity index (χ3n) is 5.42. The fourth-order valence-corrected chi connectivity index (χ4v) is 5.62. The van der Waals surface area contributed by atoms with E-state index in [2.05, 4.69) is 46.8 Å². The first-order chi connectivity index (χ1) is 9.34. The predicted octanol–water partition coefficient (Wildman–Crippen LogP) is 2.14. The molecule has 0 aromatic rings. The molecule has 2 saturated carbocycles. The van der Waals surface area contributed by atoms with E-state index in [0.29, 0.717) is 17.5 Å². The Kier molecular flexibility index (Phi) is 4.88. The normalized spacial score (nSPS) is 42.5. The zero-order valence-corrected chi connectivity index (χ0v) is 14.2. The fourth-order valence-electron chi connectivity index (χ4n) is 4.48. The second kappa shape index (κ2) is 6.12. The number of nitrogens with one attached hydrogen (secondary N) is 1. The third-order valence-corrected chi connectivity index (χ3v) is 6.38. The summed E-state index contributed by atoms with van der Waals surface area (Å²) in [6, 6.07) is 2.97. The smallest absolute Gasteiger partial charge is 0.216 e. The summed E-state index contributed by atoms with van der Waals surface area (Å²) >= 11 is 0. The molecule has 0 amide bonds. The summed E-state index contributed by atoms with van der Waals surface area (Å²) in [4.78, 5) is 0. The highest BCUT2D eigenvalue weighted by Gasteiger charge is 2.55. The minimum absolute atomic E-state index is 0.0372. The molecular formula is C16H28BN2P. The lowest BCUT2D eigenvalue weighted by Crippen LogP contribution is -2.55. The molecule has 4 heteroatoms. The first kappa shape index (κ1) is 15.9. The van der Waals surface area contributed by atoms with Crippen molar-refractivity contribution in [3.05, 3.63) is 12.3 Å². The van der Waals surface area contributed by atoms with Gasteiger partial charge in [0.15, 0.2) is 0 Å². The zero-order valence-electron chi connectivity index (χ0n) is 13.1. The molecule has 2 aliphatic rings. The summed E-state index contributed by atoms with van der Waals surface area (Å²) in [5, 5.41) is 2.96. The summed E-state index contributed by atoms with van der Waals surface area (Å²) in [5.74, 6) is 6.08. The van der Waals surface area contributed by atoms with E-state index >= 15 is 0 Å². The van der Waals surface area contributed by atoms with Crippen molar-refractivity contribution in [3.63, 3.8) is 0 Å². The van der Waals surface area contributed by atoms with E-state index in [1.54, 1.807) is 0 Å². The van der Waals surface area contributed by atoms with Crippen LogP contribution in [0.4, 0.5) is 0 Å². The monoisotopic (exact) mass is 290 g/mol. The Morgan fingerprint density at radius 3 is 2.90 bits per heavy atom. The zero-order chi connectivity index (χ0) is 14.9. The van der Waals surface area contributed by atoms with Crippen molar-refractivity contribution in [3.8, 4) is 11.9 Å². The molecule has 0 spiro atoms. The van der Waals surface area contributed by atoms with Crippen LogP contribution in [0, 0.1) is 35.5 Å². The highest BCUT2D eigenvalue weighted by Crippen LogP contribution is 2.55. The first-order valence-electron chi connectivity index (χ1n) is 7.78. The van der Waals surface area contributed by atoms with Gasteiger partial charge in [-0.05, 0) is 62.1 Å². The van der Waals surface area contributed by atoms with Crippen LogP contribution in [0.15, 0.2) is 12.3 Å². The number of allylic oxidation sites excluding steroid dienone is 1. The Labute approximate surface area is 127 Å². The molecule has 0 aliphatic heterocycles. The molecule has 2 bridgehead atoms. The summed E-state index contributed by atoms with van der Waals surface area (Å²) < 4.78 is 0. The second-order valence-electron chi connectivity index (χ2n) is 7.12. The van der Waals surface area contributed by atoms with Gasteiger partial charge in [0.25, 0.3) is 0 Å². The Hall–Kier alpha value is -0.445. The first-order valence-corrected chi connectivity index (χ1v) is 8.44. The van der Waals surface area contributed by atoms with Gasteiger partial charge in [0, 0.05) is 11.2 Å². The molecule has 0 saturated heterocycles. The Bertz CT molecular complexity index is 437. The summed E-state index contributed by atoms with van der Waals surface area (Å²) in [6.07, 6.45) is 3.77. The molecule has 0 heterocycles. The maximum atomic E-state index is 6.62. The number of hydrogen-bond acceptors (Lipinski definition) is 2. The molecule has 0 aromatic heterocycles. The fraction of sp³-hybridized carbons (Fsp3) is 0.750. The third kappa shape index (κ3) is 3.08. The van der Waals surface area contributed by atoms with Crippen LogP contribution in [0.25, 0.3) is 0 Å². The molecule has 2 aliphatic carbocycles. The van der Waals surface area contributed by atoms with Gasteiger partial charge >= 0.3 is 0 Å². The topological polar surface area (TPSA) is 38.0 Å². The van der Waals surface area contributed by atoms with Gasteiger partial charge in [-0.1, -0.05) is 19.8 Å². The van der Waals surface area contributed by atoms with Crippen molar-refractivity contribution in [2.75, 3.05) is 0 Å². The van der Waals surface area contributed by atoms with Crippen LogP contribution >= 0.6 is 9.24 Å². The number of hydrogen-bond donors (Lipinski definition) is 2. The average molecular weight is 290 g/mol. The lowest BCUT2D eigenvalue weighted by molar-refractivity contribution is 0.152. The second-order valence-corrected chi connectivity index (χ2v) is 7.89. The maximum absolute atomic E-state index is 6.62. The van der Waals surface area contributed by atoms with Crippen molar-refractivity contribution in [1.82, 2.24) is 5.32 Å². The Balaban J connectivity index is 1.92. The van der Waals surface area contributed by atoms with E-state index in [0.717, 1.165) is 24.8 Å². The SMILES string of the molecule is C=C(C)NC#CBC[C@@H]1CC2CC(C)C(C1P)C2(C)N. The molecule has 7 atom stereocenters. The number of rotatable bonds is 3. The molecule has 2 nitrogen and oxygen atoms in total. The van der Waals surface area contributed by atoms with E-state index in [1.165, 1.54) is 19.2 Å².